The summed E-state index contributed by atoms with van der Waals surface area (Å²) in [7, 11) is -4.14. The van der Waals surface area contributed by atoms with Gasteiger partial charge in [0.25, 0.3) is 10.0 Å². The van der Waals surface area contributed by atoms with Gasteiger partial charge in [0.2, 0.25) is 11.8 Å². The van der Waals surface area contributed by atoms with Crippen molar-refractivity contribution in [3.8, 4) is 0 Å². The number of anilines is 1. The van der Waals surface area contributed by atoms with Crippen LogP contribution in [0, 0.1) is 13.8 Å². The SMILES string of the molecule is CCC(C(=O)NC1CCCCC1)N(CCc1ccccc1)C(=O)CN(c1ccc(C)c(Cl)c1)S(=O)(=O)c1ccc(C)cc1. The van der Waals surface area contributed by atoms with E-state index >= 15 is 0 Å². The number of amides is 2. The highest BCUT2D eigenvalue weighted by Gasteiger charge is 2.34. The normalized spacial score (nSPS) is 14.6. The Morgan fingerprint density at radius 1 is 0.953 bits per heavy atom. The van der Waals surface area contributed by atoms with E-state index in [2.05, 4.69) is 5.32 Å². The molecule has 1 aliphatic rings. The van der Waals surface area contributed by atoms with E-state index in [9.17, 15) is 18.0 Å². The van der Waals surface area contributed by atoms with Crippen molar-refractivity contribution >= 4 is 39.1 Å². The summed E-state index contributed by atoms with van der Waals surface area (Å²) < 4.78 is 29.2. The molecule has 0 aliphatic heterocycles. The number of rotatable bonds is 12. The van der Waals surface area contributed by atoms with Crippen LogP contribution < -0.4 is 9.62 Å². The number of sulfonamides is 1. The number of benzene rings is 3. The molecule has 2 amide bonds. The molecular formula is C34H42ClN3O4S. The first-order valence-electron chi connectivity index (χ1n) is 15.1. The van der Waals surface area contributed by atoms with Crippen LogP contribution in [0.25, 0.3) is 0 Å². The Bertz CT molecular complexity index is 1490. The molecule has 230 valence electrons. The number of hydrogen-bond acceptors (Lipinski definition) is 4. The molecule has 0 spiro atoms. The lowest BCUT2D eigenvalue weighted by atomic mass is 9.95. The summed E-state index contributed by atoms with van der Waals surface area (Å²) in [5, 5.41) is 3.58. The van der Waals surface area contributed by atoms with Gasteiger partial charge in [0, 0.05) is 17.6 Å². The first-order valence-corrected chi connectivity index (χ1v) is 16.9. The Hall–Kier alpha value is -3.36. The maximum atomic E-state index is 14.2. The number of aryl methyl sites for hydroxylation is 2. The molecule has 1 aliphatic carbocycles. The Kier molecular flexibility index (Phi) is 11.3. The Morgan fingerprint density at radius 2 is 1.63 bits per heavy atom. The second-order valence-electron chi connectivity index (χ2n) is 11.3. The largest absolute Gasteiger partial charge is 0.352 e. The second-order valence-corrected chi connectivity index (χ2v) is 13.6. The van der Waals surface area contributed by atoms with Gasteiger partial charge < -0.3 is 10.2 Å². The van der Waals surface area contributed by atoms with Gasteiger partial charge in [0.1, 0.15) is 12.6 Å². The molecule has 1 saturated carbocycles. The Balaban J connectivity index is 1.68. The number of hydrogen-bond donors (Lipinski definition) is 1. The highest BCUT2D eigenvalue weighted by atomic mass is 35.5. The van der Waals surface area contributed by atoms with E-state index in [0.717, 1.165) is 46.7 Å². The van der Waals surface area contributed by atoms with E-state index < -0.39 is 28.5 Å². The summed E-state index contributed by atoms with van der Waals surface area (Å²) in [6.07, 6.45) is 6.10. The van der Waals surface area contributed by atoms with Crippen molar-refractivity contribution in [3.05, 3.63) is 94.5 Å². The molecule has 0 heterocycles. The van der Waals surface area contributed by atoms with E-state index in [1.165, 1.54) is 18.6 Å². The fourth-order valence-corrected chi connectivity index (χ4v) is 7.12. The lowest BCUT2D eigenvalue weighted by Crippen LogP contribution is -2.54. The van der Waals surface area contributed by atoms with Crippen LogP contribution in [0.2, 0.25) is 5.02 Å². The predicted octanol–water partition coefficient (Wildman–Crippen LogP) is 6.45. The molecule has 0 saturated heterocycles. The maximum absolute atomic E-state index is 14.2. The number of nitrogens with zero attached hydrogens (tertiary/aromatic N) is 2. The van der Waals surface area contributed by atoms with Gasteiger partial charge in [-0.3, -0.25) is 13.9 Å². The average Bonchev–Trinajstić information content (AvgIpc) is 3.00. The van der Waals surface area contributed by atoms with Crippen molar-refractivity contribution in [2.24, 2.45) is 0 Å². The fraction of sp³-hybridized carbons (Fsp3) is 0.412. The van der Waals surface area contributed by atoms with Crippen LogP contribution in [0.1, 0.15) is 62.1 Å². The van der Waals surface area contributed by atoms with Crippen molar-refractivity contribution < 1.29 is 18.0 Å². The molecule has 43 heavy (non-hydrogen) atoms. The van der Waals surface area contributed by atoms with Crippen LogP contribution in [0.15, 0.2) is 77.7 Å². The van der Waals surface area contributed by atoms with Gasteiger partial charge in [-0.1, -0.05) is 91.9 Å². The zero-order chi connectivity index (χ0) is 31.0. The minimum atomic E-state index is -4.14. The zero-order valence-electron chi connectivity index (χ0n) is 25.3. The van der Waals surface area contributed by atoms with Crippen molar-refractivity contribution in [3.63, 3.8) is 0 Å². The molecule has 3 aromatic rings. The zero-order valence-corrected chi connectivity index (χ0v) is 26.8. The third kappa shape index (κ3) is 8.39. The van der Waals surface area contributed by atoms with Crippen molar-refractivity contribution in [2.45, 2.75) is 82.7 Å². The molecule has 0 bridgehead atoms. The van der Waals surface area contributed by atoms with Crippen molar-refractivity contribution in [1.29, 1.82) is 0 Å². The molecule has 1 fully saturated rings. The number of carbonyl (C=O) groups is 2. The molecule has 0 radical (unpaired) electrons. The molecule has 9 heteroatoms. The predicted molar refractivity (Wildman–Crippen MR) is 173 cm³/mol. The topological polar surface area (TPSA) is 86.8 Å². The molecule has 1 N–H and O–H groups in total. The first kappa shape index (κ1) is 32.6. The highest BCUT2D eigenvalue weighted by molar-refractivity contribution is 7.92. The number of halogens is 1. The van der Waals surface area contributed by atoms with Crippen LogP contribution >= 0.6 is 11.6 Å². The summed E-state index contributed by atoms with van der Waals surface area (Å²) in [5.41, 5.74) is 3.02. The molecule has 0 aromatic heterocycles. The van der Waals surface area contributed by atoms with Gasteiger partial charge in [-0.25, -0.2) is 8.42 Å². The standard InChI is InChI=1S/C34H42ClN3O4S/c1-4-32(34(40)36-28-13-9-6-10-14-28)37(22-21-27-11-7-5-8-12-27)33(39)24-38(29-18-17-26(3)31(35)23-29)43(41,42)30-19-15-25(2)16-20-30/h5,7-8,11-12,15-20,23,28,32H,4,6,9-10,13-14,21-22,24H2,1-3H3,(H,36,40). The molecule has 7 nitrogen and oxygen atoms in total. The number of nitrogens with one attached hydrogen (secondary N) is 1. The average molecular weight is 624 g/mol. The Labute approximate surface area is 261 Å². The molecule has 1 atom stereocenters. The van der Waals surface area contributed by atoms with Gasteiger partial charge in [0.15, 0.2) is 0 Å². The highest BCUT2D eigenvalue weighted by Crippen LogP contribution is 2.29. The van der Waals surface area contributed by atoms with Crippen LogP contribution in [0.3, 0.4) is 0 Å². The van der Waals surface area contributed by atoms with E-state index in [1.807, 2.05) is 51.1 Å². The molecule has 1 unspecified atom stereocenters. The fourth-order valence-electron chi connectivity index (χ4n) is 5.54. The molecular weight excluding hydrogens is 582 g/mol. The lowest BCUT2D eigenvalue weighted by Gasteiger charge is -2.34. The van der Waals surface area contributed by atoms with Gasteiger partial charge in [-0.05, 0) is 74.9 Å². The lowest BCUT2D eigenvalue weighted by molar-refractivity contribution is -0.140. The van der Waals surface area contributed by atoms with Crippen LogP contribution in [-0.4, -0.2) is 50.3 Å². The monoisotopic (exact) mass is 623 g/mol. The van der Waals surface area contributed by atoms with Crippen molar-refractivity contribution in [1.82, 2.24) is 10.2 Å². The maximum Gasteiger partial charge on any atom is 0.264 e. The minimum Gasteiger partial charge on any atom is -0.352 e. The second kappa shape index (κ2) is 14.9. The third-order valence-corrected chi connectivity index (χ3v) is 10.3. The molecule has 3 aromatic carbocycles. The Morgan fingerprint density at radius 3 is 2.26 bits per heavy atom. The summed E-state index contributed by atoms with van der Waals surface area (Å²) in [6.45, 7) is 5.39. The van der Waals surface area contributed by atoms with E-state index in [-0.39, 0.29) is 29.1 Å². The van der Waals surface area contributed by atoms with Crippen molar-refractivity contribution in [2.75, 3.05) is 17.4 Å². The summed E-state index contributed by atoms with van der Waals surface area (Å²) in [5.74, 6) is -0.643. The smallest absolute Gasteiger partial charge is 0.264 e. The number of carbonyl (C=O) groups excluding carboxylic acids is 2. The van der Waals surface area contributed by atoms with Crippen LogP contribution in [0.5, 0.6) is 0 Å². The quantitative estimate of drug-likeness (QED) is 0.251. The minimum absolute atomic E-state index is 0.0699. The first-order chi connectivity index (χ1) is 20.6. The third-order valence-electron chi connectivity index (χ3n) is 8.15. The van der Waals surface area contributed by atoms with Crippen LogP contribution in [0.4, 0.5) is 5.69 Å². The molecule has 4 rings (SSSR count). The van der Waals surface area contributed by atoms with Gasteiger partial charge >= 0.3 is 0 Å². The van der Waals surface area contributed by atoms with Gasteiger partial charge in [-0.15, -0.1) is 0 Å². The summed E-state index contributed by atoms with van der Waals surface area (Å²) >= 11 is 6.43. The van der Waals surface area contributed by atoms with E-state index in [1.54, 1.807) is 35.2 Å². The van der Waals surface area contributed by atoms with Crippen LogP contribution in [-0.2, 0) is 26.0 Å². The van der Waals surface area contributed by atoms with Gasteiger partial charge in [0.05, 0.1) is 10.6 Å². The van der Waals surface area contributed by atoms with E-state index in [0.29, 0.717) is 17.9 Å². The summed E-state index contributed by atoms with van der Waals surface area (Å²) in [4.78, 5) is 29.5. The van der Waals surface area contributed by atoms with E-state index in [4.69, 9.17) is 11.6 Å². The summed E-state index contributed by atoms with van der Waals surface area (Å²) in [6, 6.07) is 20.6. The van der Waals surface area contributed by atoms with Gasteiger partial charge in [-0.2, -0.15) is 0 Å².